The van der Waals surface area contributed by atoms with E-state index in [4.69, 9.17) is 0 Å². The van der Waals surface area contributed by atoms with Gasteiger partial charge in [0.05, 0.1) is 44.1 Å². The topological polar surface area (TPSA) is 26.2 Å². The van der Waals surface area contributed by atoms with Gasteiger partial charge in [0.1, 0.15) is 0 Å². The summed E-state index contributed by atoms with van der Waals surface area (Å²) in [6.45, 7) is 0. The molecule has 22 aromatic rings. The van der Waals surface area contributed by atoms with Crippen molar-refractivity contribution in [3.8, 4) is 67.3 Å². The molecule has 6 heteroatoms. The zero-order chi connectivity index (χ0) is 75.4. The quantitative estimate of drug-likeness (QED) is 0.108. The third-order valence-corrected chi connectivity index (χ3v) is 22.6. The molecular formula is C108H74N6. The molecule has 0 aliphatic rings. The van der Waals surface area contributed by atoms with Crippen molar-refractivity contribution >= 4 is 121 Å². The van der Waals surface area contributed by atoms with Crippen molar-refractivity contribution in [2.24, 2.45) is 0 Å². The van der Waals surface area contributed by atoms with Gasteiger partial charge >= 0.3 is 0 Å². The Labute approximate surface area is 661 Å². The maximum absolute atomic E-state index is 2.42. The molecule has 0 amide bonds. The lowest BCUT2D eigenvalue weighted by atomic mass is 10.0. The summed E-state index contributed by atoms with van der Waals surface area (Å²) < 4.78 is 9.55. The van der Waals surface area contributed by atoms with E-state index in [0.29, 0.717) is 0 Å². The highest BCUT2D eigenvalue weighted by atomic mass is 15.2. The van der Waals surface area contributed by atoms with Gasteiger partial charge in [0.25, 0.3) is 0 Å². The average molecular weight is 1460 g/mol. The number of hydrogen-bond donors (Lipinski definition) is 0. The summed E-state index contributed by atoms with van der Waals surface area (Å²) in [7, 11) is 0. The smallest absolute Gasteiger partial charge is 0.0561 e. The van der Waals surface area contributed by atoms with E-state index >= 15 is 0 Å². The van der Waals surface area contributed by atoms with Crippen LogP contribution in [-0.2, 0) is 0 Å². The molecule has 536 valence electrons. The summed E-state index contributed by atoms with van der Waals surface area (Å²) in [5.41, 5.74) is 30.2. The van der Waals surface area contributed by atoms with Crippen LogP contribution in [0, 0.1) is 0 Å². The minimum absolute atomic E-state index is 1.08. The fourth-order valence-electron chi connectivity index (χ4n) is 17.3. The largest absolute Gasteiger partial charge is 0.311 e. The van der Waals surface area contributed by atoms with Gasteiger partial charge in [0.15, 0.2) is 0 Å². The van der Waals surface area contributed by atoms with Crippen LogP contribution in [0.4, 0.5) is 34.1 Å². The number of anilines is 6. The third-order valence-electron chi connectivity index (χ3n) is 22.6. The molecule has 0 N–H and O–H groups in total. The number of fused-ring (bicyclic) bond motifs is 12. The molecule has 114 heavy (non-hydrogen) atoms. The first-order valence-corrected chi connectivity index (χ1v) is 39.0. The lowest BCUT2D eigenvalue weighted by molar-refractivity contribution is 1.17. The maximum atomic E-state index is 2.42. The van der Waals surface area contributed by atoms with Crippen LogP contribution in [0.25, 0.3) is 154 Å². The molecule has 0 aliphatic carbocycles. The van der Waals surface area contributed by atoms with E-state index < -0.39 is 0 Å². The summed E-state index contributed by atoms with van der Waals surface area (Å²) in [5.74, 6) is 0. The summed E-state index contributed by atoms with van der Waals surface area (Å²) in [6.07, 6.45) is 0. The standard InChI is InChI=1S/C60H40N4.C48H34N2/c1-4-16-43(17-5-1)62-55-25-13-10-22-49(55)52-35-30-42(38-58(52)62)41-28-31-46(32-29-41)61(47-33-36-53-50-23-11-14-26-56(50)63(59(53)39-47)44-18-6-2-7-19-44)48-34-37-54-51-24-12-15-27-57(51)64(60(54)40-48)45-20-8-3-9-21-45;1-3-11-35(12-4-1)37-19-27-41(28-20-37)49(42-29-21-38(22-30-42)36-13-5-2-6-14-36)43-31-23-39(24-32-43)40-25-33-44(34-26-40)50-47-17-9-7-15-45(47)46-16-8-10-18-48(46)50/h1-40H;1-34H. The molecule has 0 bridgehead atoms. The molecule has 0 radical (unpaired) electrons. The van der Waals surface area contributed by atoms with Crippen molar-refractivity contribution in [2.75, 3.05) is 9.80 Å². The van der Waals surface area contributed by atoms with Crippen molar-refractivity contribution < 1.29 is 0 Å². The monoisotopic (exact) mass is 1450 g/mol. The number of hydrogen-bond acceptors (Lipinski definition) is 2. The molecule has 18 aromatic carbocycles. The predicted molar refractivity (Wildman–Crippen MR) is 481 cm³/mol. The fourth-order valence-corrected chi connectivity index (χ4v) is 17.3. The molecule has 4 aromatic heterocycles. The second-order valence-corrected chi connectivity index (χ2v) is 29.2. The minimum Gasteiger partial charge on any atom is -0.311 e. The van der Waals surface area contributed by atoms with Crippen molar-refractivity contribution in [1.82, 2.24) is 18.3 Å². The van der Waals surface area contributed by atoms with Gasteiger partial charge in [-0.3, -0.25) is 0 Å². The van der Waals surface area contributed by atoms with Gasteiger partial charge in [-0.1, -0.05) is 291 Å². The van der Waals surface area contributed by atoms with E-state index in [1.54, 1.807) is 0 Å². The minimum atomic E-state index is 1.08. The van der Waals surface area contributed by atoms with Gasteiger partial charge in [0.2, 0.25) is 0 Å². The van der Waals surface area contributed by atoms with Crippen molar-refractivity contribution in [3.05, 3.63) is 449 Å². The van der Waals surface area contributed by atoms with Gasteiger partial charge in [-0.2, -0.15) is 0 Å². The van der Waals surface area contributed by atoms with E-state index in [-0.39, 0.29) is 0 Å². The third kappa shape index (κ3) is 11.9. The SMILES string of the molecule is c1ccc(-c2ccc(N(c3ccc(-c4ccccc4)cc3)c3ccc(-c4ccc(-n5c6ccccc6c6ccccc65)cc4)cc3)cc2)cc1.c1ccc(-n2c3ccccc3c3ccc(-c4ccc(N(c5ccc6c7ccccc7n(-c7ccccc7)c6c5)c5ccc6c7ccccc7n(-c7ccccc7)c6c5)cc4)cc32)cc1. The lowest BCUT2D eigenvalue weighted by Gasteiger charge is -2.26. The Hall–Kier alpha value is -15.2. The Balaban J connectivity index is 0.000000148. The lowest BCUT2D eigenvalue weighted by Crippen LogP contribution is -2.10. The van der Waals surface area contributed by atoms with E-state index in [0.717, 1.165) is 73.5 Å². The van der Waals surface area contributed by atoms with Gasteiger partial charge < -0.3 is 28.1 Å². The van der Waals surface area contributed by atoms with Crippen LogP contribution in [0.2, 0.25) is 0 Å². The highest BCUT2D eigenvalue weighted by Crippen LogP contribution is 2.45. The highest BCUT2D eigenvalue weighted by Gasteiger charge is 2.23. The Morgan fingerprint density at radius 1 is 0.123 bits per heavy atom. The number of aromatic nitrogens is 4. The Bertz CT molecular complexity index is 6980. The Morgan fingerprint density at radius 3 is 0.632 bits per heavy atom. The number of rotatable bonds is 14. The van der Waals surface area contributed by atoms with Crippen LogP contribution in [-0.4, -0.2) is 18.3 Å². The van der Waals surface area contributed by atoms with Gasteiger partial charge in [0, 0.05) is 100.0 Å². The van der Waals surface area contributed by atoms with E-state index in [2.05, 4.69) is 477 Å². The molecule has 0 atom stereocenters. The van der Waals surface area contributed by atoms with E-state index in [9.17, 15) is 0 Å². The zero-order valence-corrected chi connectivity index (χ0v) is 62.4. The van der Waals surface area contributed by atoms with Crippen LogP contribution in [0.15, 0.2) is 449 Å². The zero-order valence-electron chi connectivity index (χ0n) is 62.4. The average Bonchev–Trinajstić information content (AvgIpc) is 1.71. The van der Waals surface area contributed by atoms with Crippen LogP contribution in [0.5, 0.6) is 0 Å². The summed E-state index contributed by atoms with van der Waals surface area (Å²) in [4.78, 5) is 4.75. The first-order chi connectivity index (χ1) is 56.6. The summed E-state index contributed by atoms with van der Waals surface area (Å²) >= 11 is 0. The molecule has 0 unspecified atom stereocenters. The van der Waals surface area contributed by atoms with E-state index in [1.165, 1.54) is 115 Å². The van der Waals surface area contributed by atoms with Crippen LogP contribution in [0.3, 0.4) is 0 Å². The molecule has 0 saturated heterocycles. The fraction of sp³-hybridized carbons (Fsp3) is 0. The first kappa shape index (κ1) is 66.9. The first-order valence-electron chi connectivity index (χ1n) is 39.0. The van der Waals surface area contributed by atoms with Gasteiger partial charge in [-0.05, 0) is 202 Å². The van der Waals surface area contributed by atoms with Crippen molar-refractivity contribution in [2.45, 2.75) is 0 Å². The molecule has 22 rings (SSSR count). The number of nitrogens with zero attached hydrogens (tertiary/aromatic N) is 6. The van der Waals surface area contributed by atoms with Crippen molar-refractivity contribution in [3.63, 3.8) is 0 Å². The molecule has 6 nitrogen and oxygen atoms in total. The summed E-state index contributed by atoms with van der Waals surface area (Å²) in [5, 5.41) is 9.97. The van der Waals surface area contributed by atoms with E-state index in [1.807, 2.05) is 0 Å². The normalized spacial score (nSPS) is 11.5. The highest BCUT2D eigenvalue weighted by molar-refractivity contribution is 6.14. The maximum Gasteiger partial charge on any atom is 0.0561 e. The Kier molecular flexibility index (Phi) is 16.8. The Morgan fingerprint density at radius 2 is 0.316 bits per heavy atom. The van der Waals surface area contributed by atoms with Crippen LogP contribution >= 0.6 is 0 Å². The molecule has 4 heterocycles. The van der Waals surface area contributed by atoms with Gasteiger partial charge in [-0.25, -0.2) is 0 Å². The molecule has 0 fully saturated rings. The molecule has 0 spiro atoms. The second kappa shape index (κ2) is 28.6. The van der Waals surface area contributed by atoms with Crippen LogP contribution < -0.4 is 9.80 Å². The predicted octanol–water partition coefficient (Wildman–Crippen LogP) is 29.4. The number of para-hydroxylation sites is 8. The molecular weight excluding hydrogens is 1380 g/mol. The molecule has 0 aliphatic heterocycles. The second-order valence-electron chi connectivity index (χ2n) is 29.2. The van der Waals surface area contributed by atoms with Gasteiger partial charge in [-0.15, -0.1) is 0 Å². The summed E-state index contributed by atoms with van der Waals surface area (Å²) in [6, 6.07) is 162. The molecule has 0 saturated carbocycles. The number of benzene rings is 18. The van der Waals surface area contributed by atoms with Crippen LogP contribution in [0.1, 0.15) is 0 Å². The van der Waals surface area contributed by atoms with Crippen molar-refractivity contribution in [1.29, 1.82) is 0 Å².